The molecule has 132 valence electrons. The van der Waals surface area contributed by atoms with Gasteiger partial charge >= 0.3 is 0 Å². The molecule has 2 aromatic rings. The molecule has 2 aromatic carbocycles. The highest BCUT2D eigenvalue weighted by Crippen LogP contribution is 2.18. The Morgan fingerprint density at radius 3 is 2.32 bits per heavy atom. The van der Waals surface area contributed by atoms with Gasteiger partial charge in [-0.05, 0) is 43.5 Å². The summed E-state index contributed by atoms with van der Waals surface area (Å²) < 4.78 is 0. The third-order valence-electron chi connectivity index (χ3n) is 4.46. The molecular weight excluding hydrogens is 312 g/mol. The fraction of sp³-hybridized carbons (Fsp3) is 0.333. The van der Waals surface area contributed by atoms with E-state index in [0.717, 1.165) is 23.2 Å². The van der Waals surface area contributed by atoms with Gasteiger partial charge in [0, 0.05) is 11.3 Å². The Morgan fingerprint density at radius 1 is 1.04 bits per heavy atom. The molecule has 0 bridgehead atoms. The highest BCUT2D eigenvalue weighted by Gasteiger charge is 2.26. The molecule has 4 heteroatoms. The van der Waals surface area contributed by atoms with Crippen LogP contribution < -0.4 is 10.6 Å². The lowest BCUT2D eigenvalue weighted by Gasteiger charge is -2.24. The molecule has 0 unspecified atom stereocenters. The minimum absolute atomic E-state index is 0.0263. The van der Waals surface area contributed by atoms with E-state index in [-0.39, 0.29) is 17.7 Å². The third kappa shape index (κ3) is 4.92. The molecule has 2 amide bonds. The van der Waals surface area contributed by atoms with E-state index < -0.39 is 6.04 Å². The number of nitrogens with one attached hydrogen (secondary N) is 2. The lowest BCUT2D eigenvalue weighted by molar-refractivity contribution is -0.119. The van der Waals surface area contributed by atoms with E-state index in [9.17, 15) is 9.59 Å². The van der Waals surface area contributed by atoms with Crippen molar-refractivity contribution < 1.29 is 9.59 Å². The molecule has 0 saturated heterocycles. The Kier molecular flexibility index (Phi) is 6.34. The highest BCUT2D eigenvalue weighted by molar-refractivity contribution is 6.01. The number of carbonyl (C=O) groups is 2. The predicted molar refractivity (Wildman–Crippen MR) is 102 cm³/mol. The smallest absolute Gasteiger partial charge is 0.251 e. The number of benzene rings is 2. The largest absolute Gasteiger partial charge is 0.340 e. The number of hydrogen-bond acceptors (Lipinski definition) is 2. The molecule has 2 N–H and O–H groups in total. The van der Waals surface area contributed by atoms with Crippen molar-refractivity contribution in [2.45, 2.75) is 40.2 Å². The minimum Gasteiger partial charge on any atom is -0.340 e. The van der Waals surface area contributed by atoms with Crippen LogP contribution in [0.5, 0.6) is 0 Å². The Bertz CT molecular complexity index is 741. The fourth-order valence-electron chi connectivity index (χ4n) is 2.68. The molecule has 0 aliphatic carbocycles. The van der Waals surface area contributed by atoms with Crippen molar-refractivity contribution in [2.24, 2.45) is 5.92 Å². The fourth-order valence-corrected chi connectivity index (χ4v) is 2.68. The highest BCUT2D eigenvalue weighted by atomic mass is 16.2. The summed E-state index contributed by atoms with van der Waals surface area (Å²) >= 11 is 0. The molecule has 25 heavy (non-hydrogen) atoms. The normalized spacial score (nSPS) is 13.0. The SMILES string of the molecule is CC[C@H](C)[C@H](NC(=O)c1ccccc1)C(=O)Nc1ccc(C)cc1C. The summed E-state index contributed by atoms with van der Waals surface area (Å²) in [6, 6.07) is 14.3. The van der Waals surface area contributed by atoms with Crippen molar-refractivity contribution in [2.75, 3.05) is 5.32 Å². The molecule has 0 fully saturated rings. The van der Waals surface area contributed by atoms with Crippen LogP contribution in [-0.4, -0.2) is 17.9 Å². The van der Waals surface area contributed by atoms with E-state index >= 15 is 0 Å². The van der Waals surface area contributed by atoms with Crippen LogP contribution in [-0.2, 0) is 4.79 Å². The number of hydrogen-bond donors (Lipinski definition) is 2. The Hall–Kier alpha value is -2.62. The molecule has 0 aliphatic rings. The second kappa shape index (κ2) is 8.47. The van der Waals surface area contributed by atoms with Crippen molar-refractivity contribution in [3.8, 4) is 0 Å². The molecule has 0 aromatic heterocycles. The maximum absolute atomic E-state index is 12.8. The van der Waals surface area contributed by atoms with Gasteiger partial charge in [-0.1, -0.05) is 56.2 Å². The van der Waals surface area contributed by atoms with Gasteiger partial charge in [-0.15, -0.1) is 0 Å². The Balaban J connectivity index is 2.16. The number of carbonyl (C=O) groups excluding carboxylic acids is 2. The second-order valence-electron chi connectivity index (χ2n) is 6.51. The quantitative estimate of drug-likeness (QED) is 0.833. The topological polar surface area (TPSA) is 58.2 Å². The summed E-state index contributed by atoms with van der Waals surface area (Å²) in [6.45, 7) is 7.96. The van der Waals surface area contributed by atoms with Gasteiger partial charge in [0.25, 0.3) is 5.91 Å². The van der Waals surface area contributed by atoms with Gasteiger partial charge in [0.1, 0.15) is 6.04 Å². The van der Waals surface area contributed by atoms with E-state index in [2.05, 4.69) is 10.6 Å². The van der Waals surface area contributed by atoms with Crippen LogP contribution in [0.4, 0.5) is 5.69 Å². The van der Waals surface area contributed by atoms with Crippen molar-refractivity contribution in [1.82, 2.24) is 5.32 Å². The van der Waals surface area contributed by atoms with E-state index in [4.69, 9.17) is 0 Å². The summed E-state index contributed by atoms with van der Waals surface area (Å²) in [5, 5.41) is 5.84. The van der Waals surface area contributed by atoms with Crippen molar-refractivity contribution in [3.05, 3.63) is 65.2 Å². The zero-order valence-electron chi connectivity index (χ0n) is 15.3. The first-order chi connectivity index (χ1) is 11.9. The zero-order chi connectivity index (χ0) is 18.4. The van der Waals surface area contributed by atoms with E-state index in [0.29, 0.717) is 5.56 Å². The molecule has 0 spiro atoms. The molecule has 0 radical (unpaired) electrons. The van der Waals surface area contributed by atoms with Gasteiger partial charge in [0.05, 0.1) is 0 Å². The Labute approximate surface area is 149 Å². The summed E-state index contributed by atoms with van der Waals surface area (Å²) in [5.41, 5.74) is 3.48. The minimum atomic E-state index is -0.585. The molecule has 0 aliphatic heterocycles. The maximum Gasteiger partial charge on any atom is 0.251 e. The number of amides is 2. The van der Waals surface area contributed by atoms with Crippen molar-refractivity contribution >= 4 is 17.5 Å². The molecule has 0 saturated carbocycles. The third-order valence-corrected chi connectivity index (χ3v) is 4.46. The molecule has 2 rings (SSSR count). The standard InChI is InChI=1S/C21H26N2O2/c1-5-15(3)19(23-20(24)17-9-7-6-8-10-17)21(25)22-18-12-11-14(2)13-16(18)4/h6-13,15,19H,5H2,1-4H3,(H,22,25)(H,23,24)/t15-,19-/m0/s1. The molecule has 0 heterocycles. The average molecular weight is 338 g/mol. The predicted octanol–water partition coefficient (Wildman–Crippen LogP) is 4.09. The maximum atomic E-state index is 12.8. The molecular formula is C21H26N2O2. The average Bonchev–Trinajstić information content (AvgIpc) is 2.61. The summed E-state index contributed by atoms with van der Waals surface area (Å²) in [5.74, 6) is -0.398. The first-order valence-electron chi connectivity index (χ1n) is 8.66. The number of anilines is 1. The molecule has 4 nitrogen and oxygen atoms in total. The van der Waals surface area contributed by atoms with Gasteiger partial charge in [0.15, 0.2) is 0 Å². The van der Waals surface area contributed by atoms with Gasteiger partial charge in [-0.25, -0.2) is 0 Å². The van der Waals surface area contributed by atoms with Gasteiger partial charge < -0.3 is 10.6 Å². The van der Waals surface area contributed by atoms with Crippen LogP contribution in [0.15, 0.2) is 48.5 Å². The first-order valence-corrected chi connectivity index (χ1v) is 8.66. The van der Waals surface area contributed by atoms with E-state index in [1.54, 1.807) is 12.1 Å². The van der Waals surface area contributed by atoms with Gasteiger partial charge in [0.2, 0.25) is 5.91 Å². The van der Waals surface area contributed by atoms with Crippen LogP contribution in [0.2, 0.25) is 0 Å². The van der Waals surface area contributed by atoms with Crippen LogP contribution in [0, 0.1) is 19.8 Å². The lowest BCUT2D eigenvalue weighted by atomic mass is 9.97. The summed E-state index contributed by atoms with van der Waals surface area (Å²) in [6.07, 6.45) is 0.792. The van der Waals surface area contributed by atoms with Crippen LogP contribution >= 0.6 is 0 Å². The number of rotatable bonds is 6. The monoisotopic (exact) mass is 338 g/mol. The van der Waals surface area contributed by atoms with Crippen LogP contribution in [0.3, 0.4) is 0 Å². The van der Waals surface area contributed by atoms with E-state index in [1.165, 1.54) is 0 Å². The first kappa shape index (κ1) is 18.7. The van der Waals surface area contributed by atoms with Gasteiger partial charge in [-0.3, -0.25) is 9.59 Å². The van der Waals surface area contributed by atoms with E-state index in [1.807, 2.05) is 64.1 Å². The van der Waals surface area contributed by atoms with Crippen LogP contribution in [0.1, 0.15) is 41.8 Å². The zero-order valence-corrected chi connectivity index (χ0v) is 15.3. The van der Waals surface area contributed by atoms with Crippen molar-refractivity contribution in [1.29, 1.82) is 0 Å². The Morgan fingerprint density at radius 2 is 1.72 bits per heavy atom. The van der Waals surface area contributed by atoms with Crippen molar-refractivity contribution in [3.63, 3.8) is 0 Å². The molecule has 2 atom stereocenters. The van der Waals surface area contributed by atoms with Gasteiger partial charge in [-0.2, -0.15) is 0 Å². The lowest BCUT2D eigenvalue weighted by Crippen LogP contribution is -2.47. The number of aryl methyl sites for hydroxylation is 2. The van der Waals surface area contributed by atoms with Crippen LogP contribution in [0.25, 0.3) is 0 Å². The summed E-state index contributed by atoms with van der Waals surface area (Å²) in [7, 11) is 0. The second-order valence-corrected chi connectivity index (χ2v) is 6.51. The summed E-state index contributed by atoms with van der Waals surface area (Å²) in [4.78, 5) is 25.2.